The highest BCUT2D eigenvalue weighted by Gasteiger charge is 1.50. The second-order valence-corrected chi connectivity index (χ2v) is 0.500. The molecule has 0 N–H and O–H groups in total. The fourth-order valence-electron chi connectivity index (χ4n) is 0.0471. The average molecular weight is 68.1 g/mol. The monoisotopic (exact) mass is 68.0 g/mol. The van der Waals surface area contributed by atoms with Crippen LogP contribution in [0, 0.1) is 0 Å². The normalized spacial score (nSPS) is 4.80. The predicted molar refractivity (Wildman–Crippen MR) is 19.9 cm³/mol. The molecule has 0 radical (unpaired) electrons. The fraction of sp³-hybridized carbons (Fsp3) is 0. The average Bonchev–Trinajstić information content (AvgIpc) is 1.41. The lowest BCUT2D eigenvalue weighted by atomic mass is 10.7. The lowest BCUT2D eigenvalue weighted by Gasteiger charge is -1.39. The van der Waals surface area contributed by atoms with Crippen LogP contribution in [0.15, 0.2) is 12.7 Å². The van der Waals surface area contributed by atoms with Crippen LogP contribution in [0.2, 0.25) is 0 Å². The van der Waals surface area contributed by atoms with Gasteiger partial charge >= 0.3 is 0 Å². The molecule has 0 atom stereocenters. The molecule has 26 valence electrons. The second-order valence-electron chi connectivity index (χ2n) is 0.500. The Balaban J connectivity index is 3.31. The van der Waals surface area contributed by atoms with Gasteiger partial charge in [-0.1, -0.05) is 6.58 Å². The third-order valence-corrected chi connectivity index (χ3v) is 0.172. The molecule has 0 aliphatic heterocycles. The molecule has 0 fully saturated rings. The van der Waals surface area contributed by atoms with Crippen molar-refractivity contribution < 1.29 is 4.79 Å². The van der Waals surface area contributed by atoms with Crippen molar-refractivity contribution in [2.75, 3.05) is 0 Å². The topological polar surface area (TPSA) is 36.4 Å². The largest absolute Gasteiger partial charge is 0.362 e. The molecule has 5 heavy (non-hydrogen) atoms. The summed E-state index contributed by atoms with van der Waals surface area (Å²) in [5.74, 6) is 0. The van der Waals surface area contributed by atoms with E-state index in [2.05, 4.69) is 11.4 Å². The van der Waals surface area contributed by atoms with Crippen LogP contribution in [0.4, 0.5) is 0 Å². The molecule has 0 spiro atoms. The van der Waals surface area contributed by atoms with Crippen LogP contribution in [-0.4, -0.2) is 11.0 Å². The summed E-state index contributed by atoms with van der Waals surface area (Å²) >= 11 is 0. The standard InChI is InChI=1S/C3H4N2/c1-2-3-5-4/h2-3H,1H2. The molecular weight excluding hydrogens is 64.0 g/mol. The van der Waals surface area contributed by atoms with E-state index in [1.807, 2.05) is 0 Å². The zero-order valence-corrected chi connectivity index (χ0v) is 2.76. The van der Waals surface area contributed by atoms with Crippen LogP contribution in [0.5, 0.6) is 0 Å². The van der Waals surface area contributed by atoms with Gasteiger partial charge < -0.3 is 5.53 Å². The summed E-state index contributed by atoms with van der Waals surface area (Å²) in [6.45, 7) is 3.24. The predicted octanol–water partition coefficient (Wildman–Crippen LogP) is 0.473. The van der Waals surface area contributed by atoms with Crippen molar-refractivity contribution in [2.45, 2.75) is 0 Å². The molecule has 0 saturated carbocycles. The molecular formula is C3H4N2. The highest BCUT2D eigenvalue weighted by Crippen LogP contribution is 1.37. The first-order valence-electron chi connectivity index (χ1n) is 1.20. The molecule has 0 saturated heterocycles. The second kappa shape index (κ2) is 3.12. The van der Waals surface area contributed by atoms with Gasteiger partial charge in [-0.2, -0.15) is 4.79 Å². The first-order chi connectivity index (χ1) is 2.41. The van der Waals surface area contributed by atoms with Crippen molar-refractivity contribution in [2.24, 2.45) is 0 Å². The van der Waals surface area contributed by atoms with E-state index in [1.165, 1.54) is 12.3 Å². The molecule has 2 nitrogen and oxygen atoms in total. The number of hydrogen-bond donors (Lipinski definition) is 0. The van der Waals surface area contributed by atoms with Crippen molar-refractivity contribution in [3.05, 3.63) is 18.2 Å². The molecule has 0 heterocycles. The lowest BCUT2D eigenvalue weighted by molar-refractivity contribution is 0.00516. The minimum absolute atomic E-state index is 1.19. The first-order valence-corrected chi connectivity index (χ1v) is 1.20. The molecule has 0 amide bonds. The Morgan fingerprint density at radius 3 is 2.40 bits per heavy atom. The van der Waals surface area contributed by atoms with Crippen LogP contribution in [0.1, 0.15) is 0 Å². The van der Waals surface area contributed by atoms with Crippen LogP contribution in [0.25, 0.3) is 5.53 Å². The van der Waals surface area contributed by atoms with Crippen LogP contribution in [0.3, 0.4) is 0 Å². The molecule has 0 rings (SSSR count). The van der Waals surface area contributed by atoms with E-state index in [0.29, 0.717) is 0 Å². The fourth-order valence-corrected chi connectivity index (χ4v) is 0.0471. The van der Waals surface area contributed by atoms with Gasteiger partial charge in [0.1, 0.15) is 0 Å². The van der Waals surface area contributed by atoms with E-state index in [4.69, 9.17) is 5.53 Å². The Morgan fingerprint density at radius 2 is 2.40 bits per heavy atom. The van der Waals surface area contributed by atoms with Gasteiger partial charge in [0.25, 0.3) is 6.21 Å². The quantitative estimate of drug-likeness (QED) is 0.243. The third kappa shape index (κ3) is 3.12. The van der Waals surface area contributed by atoms with Crippen molar-refractivity contribution in [3.63, 3.8) is 0 Å². The van der Waals surface area contributed by atoms with E-state index < -0.39 is 0 Å². The van der Waals surface area contributed by atoms with Gasteiger partial charge in [-0.15, -0.1) is 0 Å². The van der Waals surface area contributed by atoms with E-state index in [-0.39, 0.29) is 0 Å². The summed E-state index contributed by atoms with van der Waals surface area (Å²) < 4.78 is 0. The molecule has 0 unspecified atom stereocenters. The third-order valence-electron chi connectivity index (χ3n) is 0.172. The van der Waals surface area contributed by atoms with Crippen LogP contribution < -0.4 is 0 Å². The zero-order valence-electron chi connectivity index (χ0n) is 2.76. The highest BCUT2D eigenvalue weighted by molar-refractivity contribution is 5.63. The van der Waals surface area contributed by atoms with Gasteiger partial charge in [-0.3, -0.25) is 0 Å². The molecule has 0 aliphatic carbocycles. The van der Waals surface area contributed by atoms with Gasteiger partial charge in [-0.25, -0.2) is 0 Å². The minimum atomic E-state index is 1.19. The van der Waals surface area contributed by atoms with E-state index in [0.717, 1.165) is 0 Å². The summed E-state index contributed by atoms with van der Waals surface area (Å²) in [5, 5.41) is 0. The van der Waals surface area contributed by atoms with Gasteiger partial charge in [0.15, 0.2) is 0 Å². The maximum absolute atomic E-state index is 7.56. The Bertz CT molecular complexity index is 69.0. The maximum Gasteiger partial charge on any atom is 0.279 e. The highest BCUT2D eigenvalue weighted by atomic mass is 14.8. The Labute approximate surface area is 30.4 Å². The van der Waals surface area contributed by atoms with E-state index in [1.54, 1.807) is 0 Å². The Morgan fingerprint density at radius 1 is 1.80 bits per heavy atom. The van der Waals surface area contributed by atoms with Crippen molar-refractivity contribution >= 4 is 6.21 Å². The van der Waals surface area contributed by atoms with E-state index >= 15 is 0 Å². The number of hydrogen-bond acceptors (Lipinski definition) is 0. The smallest absolute Gasteiger partial charge is 0.279 e. The summed E-state index contributed by atoms with van der Waals surface area (Å²) in [6.07, 6.45) is 2.58. The van der Waals surface area contributed by atoms with Crippen molar-refractivity contribution in [1.29, 1.82) is 0 Å². The number of rotatable bonds is 1. The van der Waals surface area contributed by atoms with Gasteiger partial charge in [0, 0.05) is 6.08 Å². The van der Waals surface area contributed by atoms with Crippen LogP contribution in [-0.2, 0) is 0 Å². The molecule has 0 aliphatic rings. The molecule has 0 aromatic heterocycles. The first kappa shape index (κ1) is 4.12. The number of nitrogens with zero attached hydrogens (tertiary/aromatic N) is 2. The maximum atomic E-state index is 7.56. The Hall–Kier alpha value is -0.880. The molecule has 0 aromatic carbocycles. The summed E-state index contributed by atoms with van der Waals surface area (Å²) in [4.78, 5) is 2.61. The lowest BCUT2D eigenvalue weighted by Crippen LogP contribution is -1.54. The van der Waals surface area contributed by atoms with E-state index in [9.17, 15) is 0 Å². The summed E-state index contributed by atoms with van der Waals surface area (Å²) in [7, 11) is 0. The minimum Gasteiger partial charge on any atom is -0.362 e. The molecule has 0 aromatic rings. The van der Waals surface area contributed by atoms with Crippen molar-refractivity contribution in [3.8, 4) is 0 Å². The molecule has 2 heteroatoms. The van der Waals surface area contributed by atoms with Crippen LogP contribution >= 0.6 is 0 Å². The van der Waals surface area contributed by atoms with Gasteiger partial charge in [0.05, 0.1) is 0 Å². The molecule has 0 bridgehead atoms. The summed E-state index contributed by atoms with van der Waals surface area (Å²) in [6, 6.07) is 0. The Kier molecular flexibility index (Phi) is 2.57. The SMILES string of the molecule is C=CC=[N+]=[N-]. The van der Waals surface area contributed by atoms with Gasteiger partial charge in [-0.05, 0) is 0 Å². The number of allylic oxidation sites excluding steroid dienone is 1. The van der Waals surface area contributed by atoms with Gasteiger partial charge in [0.2, 0.25) is 0 Å². The van der Waals surface area contributed by atoms with Crippen molar-refractivity contribution in [1.82, 2.24) is 0 Å². The zero-order chi connectivity index (χ0) is 4.12. The summed E-state index contributed by atoms with van der Waals surface area (Å²) in [5.41, 5.74) is 7.56.